The van der Waals surface area contributed by atoms with Gasteiger partial charge in [0.1, 0.15) is 0 Å². The minimum absolute atomic E-state index is 1.37. The lowest BCUT2D eigenvalue weighted by atomic mass is 9.89. The quantitative estimate of drug-likeness (QED) is 0.112. The van der Waals surface area contributed by atoms with Crippen LogP contribution < -0.4 is 0 Å². The molecule has 0 fully saturated rings. The third kappa shape index (κ3) is 26.1. The molecule has 0 amide bonds. The van der Waals surface area contributed by atoms with E-state index in [4.69, 9.17) is 0 Å². The SMILES string of the molecule is CCCCCCCCCC[C](CCCCCCCCCC)CCCCCCCCCC. The second-order valence-electron chi connectivity index (χ2n) is 10.4. The maximum absolute atomic E-state index is 2.32. The molecule has 0 aromatic rings. The average Bonchev–Trinajstić information content (AvgIpc) is 2.78. The van der Waals surface area contributed by atoms with Crippen LogP contribution in [0.5, 0.6) is 0 Å². The van der Waals surface area contributed by atoms with E-state index in [1.165, 1.54) is 173 Å². The van der Waals surface area contributed by atoms with Crippen molar-refractivity contribution in [3.8, 4) is 0 Å². The summed E-state index contributed by atoms with van der Waals surface area (Å²) in [7, 11) is 0. The Kier molecular flexibility index (Phi) is 28.0. The highest BCUT2D eigenvalue weighted by Gasteiger charge is 2.09. The molecule has 0 aromatic carbocycles. The second-order valence-corrected chi connectivity index (χ2v) is 10.4. The predicted octanol–water partition coefficient (Wildman–Crippen LogP) is 12.2. The van der Waals surface area contributed by atoms with Crippen molar-refractivity contribution in [3.05, 3.63) is 5.92 Å². The number of hydrogen-bond acceptors (Lipinski definition) is 0. The van der Waals surface area contributed by atoms with Crippen LogP contribution in [0.4, 0.5) is 0 Å². The molecule has 0 aliphatic heterocycles. The molecule has 0 heteroatoms. The van der Waals surface area contributed by atoms with Gasteiger partial charge in [-0.05, 0) is 25.2 Å². The van der Waals surface area contributed by atoms with E-state index in [1.54, 1.807) is 0 Å². The van der Waals surface area contributed by atoms with Crippen molar-refractivity contribution in [1.29, 1.82) is 0 Å². The van der Waals surface area contributed by atoms with Crippen LogP contribution >= 0.6 is 0 Å². The Balaban J connectivity index is 3.82. The van der Waals surface area contributed by atoms with E-state index in [9.17, 15) is 0 Å². The minimum atomic E-state index is 1.37. The highest BCUT2D eigenvalue weighted by Crippen LogP contribution is 2.26. The van der Waals surface area contributed by atoms with Gasteiger partial charge in [0, 0.05) is 0 Å². The molecule has 0 rings (SSSR count). The molecular formula is C31H63. The van der Waals surface area contributed by atoms with Crippen molar-refractivity contribution < 1.29 is 0 Å². The first-order chi connectivity index (χ1) is 15.3. The largest absolute Gasteiger partial charge is 0.0654 e. The van der Waals surface area contributed by atoms with Crippen LogP contribution in [0.2, 0.25) is 0 Å². The van der Waals surface area contributed by atoms with Gasteiger partial charge in [0.05, 0.1) is 0 Å². The molecule has 0 aliphatic rings. The number of rotatable bonds is 27. The standard InChI is InChI=1S/C31H63/c1-4-7-10-13-16-19-22-25-28-31(29-26-23-20-17-14-11-8-5-2)30-27-24-21-18-15-12-9-6-3/h4-30H2,1-3H3. The normalized spacial score (nSPS) is 11.6. The van der Waals surface area contributed by atoms with Crippen molar-refractivity contribution in [2.45, 2.75) is 194 Å². The van der Waals surface area contributed by atoms with Crippen LogP contribution in [0, 0.1) is 5.92 Å². The molecule has 187 valence electrons. The molecule has 0 aliphatic carbocycles. The third-order valence-electron chi connectivity index (χ3n) is 7.15. The molecule has 31 heavy (non-hydrogen) atoms. The summed E-state index contributed by atoms with van der Waals surface area (Å²) in [5, 5.41) is 0. The molecule has 0 spiro atoms. The maximum atomic E-state index is 2.32. The van der Waals surface area contributed by atoms with Gasteiger partial charge in [0.2, 0.25) is 0 Å². The maximum Gasteiger partial charge on any atom is -0.0241 e. The zero-order valence-corrected chi connectivity index (χ0v) is 22.6. The Hall–Kier alpha value is 0. The van der Waals surface area contributed by atoms with E-state index in [0.717, 1.165) is 0 Å². The van der Waals surface area contributed by atoms with Crippen molar-refractivity contribution in [2.75, 3.05) is 0 Å². The van der Waals surface area contributed by atoms with Gasteiger partial charge in [-0.1, -0.05) is 175 Å². The van der Waals surface area contributed by atoms with Gasteiger partial charge in [-0.3, -0.25) is 0 Å². The summed E-state index contributed by atoms with van der Waals surface area (Å²) in [6, 6.07) is 0. The first-order valence-electron chi connectivity index (χ1n) is 15.2. The van der Waals surface area contributed by atoms with Crippen molar-refractivity contribution in [3.63, 3.8) is 0 Å². The molecule has 0 aromatic heterocycles. The van der Waals surface area contributed by atoms with E-state index in [0.29, 0.717) is 0 Å². The van der Waals surface area contributed by atoms with Gasteiger partial charge >= 0.3 is 0 Å². The number of hydrogen-bond donors (Lipinski definition) is 0. The van der Waals surface area contributed by atoms with Gasteiger partial charge in [-0.25, -0.2) is 0 Å². The van der Waals surface area contributed by atoms with Crippen LogP contribution in [-0.4, -0.2) is 0 Å². The molecular weight excluding hydrogens is 372 g/mol. The topological polar surface area (TPSA) is 0 Å². The Morgan fingerprint density at radius 2 is 0.452 bits per heavy atom. The molecule has 0 saturated heterocycles. The summed E-state index contributed by atoms with van der Waals surface area (Å²) in [5.41, 5.74) is 0. The van der Waals surface area contributed by atoms with Gasteiger partial charge in [-0.15, -0.1) is 0 Å². The van der Waals surface area contributed by atoms with Crippen LogP contribution in [0.1, 0.15) is 194 Å². The third-order valence-corrected chi connectivity index (χ3v) is 7.15. The molecule has 1 radical (unpaired) electrons. The monoisotopic (exact) mass is 435 g/mol. The lowest BCUT2D eigenvalue weighted by molar-refractivity contribution is 0.505. The molecule has 0 heterocycles. The summed E-state index contributed by atoms with van der Waals surface area (Å²) >= 11 is 0. The van der Waals surface area contributed by atoms with E-state index in [-0.39, 0.29) is 0 Å². The Morgan fingerprint density at radius 1 is 0.258 bits per heavy atom. The lowest BCUT2D eigenvalue weighted by Gasteiger charge is -2.16. The van der Waals surface area contributed by atoms with E-state index >= 15 is 0 Å². The average molecular weight is 436 g/mol. The summed E-state index contributed by atoms with van der Waals surface area (Å²) in [5.74, 6) is 1.93. The van der Waals surface area contributed by atoms with Crippen LogP contribution in [-0.2, 0) is 0 Å². The first-order valence-corrected chi connectivity index (χ1v) is 15.2. The fourth-order valence-electron chi connectivity index (χ4n) is 4.90. The zero-order chi connectivity index (χ0) is 22.7. The van der Waals surface area contributed by atoms with Gasteiger partial charge in [0.25, 0.3) is 0 Å². The molecule has 0 bridgehead atoms. The predicted molar refractivity (Wildman–Crippen MR) is 145 cm³/mol. The number of unbranched alkanes of at least 4 members (excludes halogenated alkanes) is 21. The van der Waals surface area contributed by atoms with Crippen LogP contribution in [0.15, 0.2) is 0 Å². The highest BCUT2D eigenvalue weighted by molar-refractivity contribution is 4.89. The fourth-order valence-corrected chi connectivity index (χ4v) is 4.90. The first kappa shape index (κ1) is 31.0. The van der Waals surface area contributed by atoms with Crippen molar-refractivity contribution in [2.24, 2.45) is 0 Å². The summed E-state index contributed by atoms with van der Waals surface area (Å²) in [6.45, 7) is 6.95. The summed E-state index contributed by atoms with van der Waals surface area (Å²) in [4.78, 5) is 0. The van der Waals surface area contributed by atoms with Crippen molar-refractivity contribution in [1.82, 2.24) is 0 Å². The summed E-state index contributed by atoms with van der Waals surface area (Å²) in [6.07, 6.45) is 39.3. The fraction of sp³-hybridized carbons (Fsp3) is 0.968. The zero-order valence-electron chi connectivity index (χ0n) is 22.6. The minimum Gasteiger partial charge on any atom is -0.0654 e. The van der Waals surface area contributed by atoms with Crippen molar-refractivity contribution >= 4 is 0 Å². The molecule has 0 nitrogen and oxygen atoms in total. The van der Waals surface area contributed by atoms with Gasteiger partial charge in [-0.2, -0.15) is 0 Å². The Morgan fingerprint density at radius 3 is 0.677 bits per heavy atom. The van der Waals surface area contributed by atoms with Gasteiger partial charge < -0.3 is 0 Å². The molecule has 0 atom stereocenters. The Labute approximate surface area is 200 Å². The lowest BCUT2D eigenvalue weighted by Crippen LogP contribution is -1.99. The second kappa shape index (κ2) is 28.0. The molecule has 0 unspecified atom stereocenters. The smallest absolute Gasteiger partial charge is 0.0241 e. The van der Waals surface area contributed by atoms with Crippen LogP contribution in [0.25, 0.3) is 0 Å². The van der Waals surface area contributed by atoms with Crippen LogP contribution in [0.3, 0.4) is 0 Å². The molecule has 0 N–H and O–H groups in total. The Bertz CT molecular complexity index is 247. The van der Waals surface area contributed by atoms with E-state index in [1.807, 2.05) is 5.92 Å². The highest BCUT2D eigenvalue weighted by atomic mass is 14.1. The van der Waals surface area contributed by atoms with E-state index in [2.05, 4.69) is 20.8 Å². The van der Waals surface area contributed by atoms with E-state index < -0.39 is 0 Å². The molecule has 0 saturated carbocycles. The van der Waals surface area contributed by atoms with Gasteiger partial charge in [0.15, 0.2) is 0 Å². The summed E-state index contributed by atoms with van der Waals surface area (Å²) < 4.78 is 0.